The van der Waals surface area contributed by atoms with E-state index in [2.05, 4.69) is 0 Å². The highest BCUT2D eigenvalue weighted by Crippen LogP contribution is 2.33. The van der Waals surface area contributed by atoms with Crippen LogP contribution in [0.2, 0.25) is 0 Å². The fourth-order valence-electron chi connectivity index (χ4n) is 3.64. The van der Waals surface area contributed by atoms with Crippen LogP contribution >= 0.6 is 0 Å². The summed E-state index contributed by atoms with van der Waals surface area (Å²) in [6.07, 6.45) is 1.76. The van der Waals surface area contributed by atoms with Crippen LogP contribution < -0.4 is 0 Å². The molecule has 0 spiro atoms. The summed E-state index contributed by atoms with van der Waals surface area (Å²) in [7, 11) is -3.95. The number of amides is 1. The highest BCUT2D eigenvalue weighted by atomic mass is 32.2. The Balaban J connectivity index is 2.59. The highest BCUT2D eigenvalue weighted by molar-refractivity contribution is 7.89. The van der Waals surface area contributed by atoms with Crippen molar-refractivity contribution >= 4 is 16.1 Å². The lowest BCUT2D eigenvalue weighted by Crippen LogP contribution is -2.49. The van der Waals surface area contributed by atoms with Gasteiger partial charge in [-0.2, -0.15) is 0 Å². The summed E-state index contributed by atoms with van der Waals surface area (Å²) in [6.45, 7) is 14.9. The van der Waals surface area contributed by atoms with Crippen molar-refractivity contribution in [2.45, 2.75) is 78.3 Å². The number of carbonyl (C=O) groups is 1. The van der Waals surface area contributed by atoms with Gasteiger partial charge in [0.05, 0.1) is 10.9 Å². The number of benzene rings is 1. The third-order valence-electron chi connectivity index (χ3n) is 4.40. The van der Waals surface area contributed by atoms with E-state index in [9.17, 15) is 13.2 Å². The Bertz CT molecular complexity index is 870. The molecule has 1 heterocycles. The maximum atomic E-state index is 13.7. The summed E-state index contributed by atoms with van der Waals surface area (Å²) in [5, 5.41) is 1.23. The second-order valence-electron chi connectivity index (χ2n) is 8.71. The van der Waals surface area contributed by atoms with Crippen LogP contribution in [-0.2, 0) is 14.8 Å². The van der Waals surface area contributed by atoms with E-state index < -0.39 is 27.8 Å². The van der Waals surface area contributed by atoms with Gasteiger partial charge in [-0.15, -0.1) is 0 Å². The fraction of sp³-hybridized carbons (Fsp3) is 0.571. The molecule has 6 nitrogen and oxygen atoms in total. The first-order valence-electron chi connectivity index (χ1n) is 9.52. The number of rotatable bonds is 3. The second kappa shape index (κ2) is 7.87. The average Bonchev–Trinajstić information content (AvgIpc) is 2.87. The fourth-order valence-corrected chi connectivity index (χ4v) is 5.69. The lowest BCUT2D eigenvalue weighted by molar-refractivity contribution is -0.00285. The van der Waals surface area contributed by atoms with Crippen molar-refractivity contribution in [2.24, 2.45) is 0 Å². The van der Waals surface area contributed by atoms with Crippen molar-refractivity contribution in [3.8, 4) is 0 Å². The van der Waals surface area contributed by atoms with Crippen molar-refractivity contribution < 1.29 is 17.9 Å². The van der Waals surface area contributed by atoms with Crippen LogP contribution in [0.5, 0.6) is 0 Å². The number of hydrogen-bond acceptors (Lipinski definition) is 4. The molecule has 1 aliphatic rings. The minimum atomic E-state index is -3.95. The number of nitrogens with zero attached hydrogens (tertiary/aromatic N) is 2. The molecule has 1 aliphatic heterocycles. The van der Waals surface area contributed by atoms with Crippen molar-refractivity contribution in [1.82, 2.24) is 9.42 Å². The molecule has 2 rings (SSSR count). The predicted octanol–water partition coefficient (Wildman–Crippen LogP) is 4.49. The van der Waals surface area contributed by atoms with Crippen molar-refractivity contribution in [1.29, 1.82) is 0 Å². The van der Waals surface area contributed by atoms with Gasteiger partial charge in [-0.1, -0.05) is 33.8 Å². The third kappa shape index (κ3) is 4.75. The van der Waals surface area contributed by atoms with Gasteiger partial charge in [-0.25, -0.2) is 18.2 Å². The zero-order valence-electron chi connectivity index (χ0n) is 18.2. The van der Waals surface area contributed by atoms with Crippen LogP contribution in [0.15, 0.2) is 28.7 Å². The van der Waals surface area contributed by atoms with Crippen LogP contribution in [0.4, 0.5) is 4.79 Å². The van der Waals surface area contributed by atoms with Gasteiger partial charge < -0.3 is 4.74 Å². The summed E-state index contributed by atoms with van der Waals surface area (Å²) >= 11 is 0. The van der Waals surface area contributed by atoms with Crippen molar-refractivity contribution in [3.63, 3.8) is 0 Å². The highest BCUT2D eigenvalue weighted by Gasteiger charge is 2.45. The monoisotopic (exact) mass is 408 g/mol. The second-order valence-corrected chi connectivity index (χ2v) is 10.4. The lowest BCUT2D eigenvalue weighted by atomic mass is 10.1. The first-order valence-corrected chi connectivity index (χ1v) is 11.0. The van der Waals surface area contributed by atoms with E-state index >= 15 is 0 Å². The molecule has 1 atom stereocenters. The van der Waals surface area contributed by atoms with Gasteiger partial charge in [0.25, 0.3) is 10.0 Å². The Morgan fingerprint density at radius 3 is 2.14 bits per heavy atom. The van der Waals surface area contributed by atoms with E-state index in [0.29, 0.717) is 17.5 Å². The molecule has 0 aliphatic carbocycles. The number of hydrazine groups is 1. The molecule has 156 valence electrons. The Hall–Kier alpha value is -1.86. The molecule has 0 bridgehead atoms. The minimum absolute atomic E-state index is 0.251. The Labute approximate surface area is 169 Å². The summed E-state index contributed by atoms with van der Waals surface area (Å²) < 4.78 is 34.1. The summed E-state index contributed by atoms with van der Waals surface area (Å²) in [4.78, 5) is 13.0. The molecule has 28 heavy (non-hydrogen) atoms. The molecule has 7 heteroatoms. The van der Waals surface area contributed by atoms with Gasteiger partial charge in [0.1, 0.15) is 5.60 Å². The number of aryl methyl sites for hydroxylation is 3. The van der Waals surface area contributed by atoms with Crippen molar-refractivity contribution in [2.75, 3.05) is 6.54 Å². The van der Waals surface area contributed by atoms with E-state index in [1.807, 2.05) is 39.0 Å². The molecule has 0 saturated carbocycles. The maximum Gasteiger partial charge on any atom is 0.425 e. The van der Waals surface area contributed by atoms with Crippen molar-refractivity contribution in [3.05, 3.63) is 40.5 Å². The standard InChI is InChI=1S/C21H32N2O4S/c1-14(2)11-18-9-10-22(20(24)27-21(6,7)8)23(18)28(25,26)19-16(4)12-15(3)13-17(19)5/h11-13,18H,9-10H2,1-8H3/t18-/m0/s1. The predicted molar refractivity (Wildman–Crippen MR) is 110 cm³/mol. The molecule has 1 amide bonds. The molecule has 0 unspecified atom stereocenters. The minimum Gasteiger partial charge on any atom is -0.443 e. The van der Waals surface area contributed by atoms with E-state index in [4.69, 9.17) is 4.74 Å². The molecule has 1 fully saturated rings. The first-order chi connectivity index (χ1) is 12.7. The van der Waals surface area contributed by atoms with Gasteiger partial charge in [0.15, 0.2) is 0 Å². The lowest BCUT2D eigenvalue weighted by Gasteiger charge is -2.32. The van der Waals surface area contributed by atoms with Gasteiger partial charge in [-0.05, 0) is 72.9 Å². The molecular formula is C21H32N2O4S. The summed E-state index contributed by atoms with van der Waals surface area (Å²) in [5.41, 5.74) is 2.62. The van der Waals surface area contributed by atoms with Crippen LogP contribution in [0.3, 0.4) is 0 Å². The van der Waals surface area contributed by atoms with Crippen LogP contribution in [0.25, 0.3) is 0 Å². The Morgan fingerprint density at radius 1 is 1.14 bits per heavy atom. The maximum absolute atomic E-state index is 13.7. The zero-order valence-corrected chi connectivity index (χ0v) is 19.0. The molecule has 1 saturated heterocycles. The number of sulfonamides is 1. The molecule has 1 aromatic carbocycles. The summed E-state index contributed by atoms with van der Waals surface area (Å²) in [6, 6.07) is 3.27. The molecule has 0 N–H and O–H groups in total. The molecule has 1 aromatic rings. The Kier molecular flexibility index (Phi) is 6.31. The number of ether oxygens (including phenoxy) is 1. The number of allylic oxidation sites excluding steroid dienone is 1. The van der Waals surface area contributed by atoms with Crippen LogP contribution in [0.1, 0.15) is 57.7 Å². The van der Waals surface area contributed by atoms with E-state index in [1.54, 1.807) is 34.6 Å². The SMILES string of the molecule is CC(C)=C[C@@H]1CCN(C(=O)OC(C)(C)C)N1S(=O)(=O)c1c(C)cc(C)cc1C. The normalized spacial score (nSPS) is 18.3. The smallest absolute Gasteiger partial charge is 0.425 e. The van der Waals surface area contributed by atoms with E-state index in [-0.39, 0.29) is 11.4 Å². The largest absolute Gasteiger partial charge is 0.443 e. The van der Waals surface area contributed by atoms with Crippen LogP contribution in [-0.4, -0.2) is 42.1 Å². The molecule has 0 aromatic heterocycles. The molecular weight excluding hydrogens is 376 g/mol. The quantitative estimate of drug-likeness (QED) is 0.691. The average molecular weight is 409 g/mol. The topological polar surface area (TPSA) is 66.9 Å². The van der Waals surface area contributed by atoms with Gasteiger partial charge >= 0.3 is 6.09 Å². The number of carbonyl (C=O) groups excluding carboxylic acids is 1. The number of hydrogen-bond donors (Lipinski definition) is 0. The Morgan fingerprint density at radius 2 is 1.68 bits per heavy atom. The first kappa shape index (κ1) is 22.4. The van der Waals surface area contributed by atoms with E-state index in [1.165, 1.54) is 9.42 Å². The van der Waals surface area contributed by atoms with Crippen LogP contribution in [0, 0.1) is 20.8 Å². The zero-order chi connectivity index (χ0) is 21.4. The third-order valence-corrected chi connectivity index (χ3v) is 6.52. The van der Waals surface area contributed by atoms with Gasteiger partial charge in [-0.3, -0.25) is 0 Å². The van der Waals surface area contributed by atoms with Gasteiger partial charge in [0, 0.05) is 6.54 Å². The summed E-state index contributed by atoms with van der Waals surface area (Å²) in [5.74, 6) is 0. The molecule has 0 radical (unpaired) electrons. The van der Waals surface area contributed by atoms with Gasteiger partial charge in [0.2, 0.25) is 0 Å². The van der Waals surface area contributed by atoms with E-state index in [0.717, 1.165) is 11.1 Å².